The molecule has 0 bridgehead atoms. The van der Waals surface area contributed by atoms with Crippen molar-refractivity contribution in [3.05, 3.63) is 206 Å². The molecule has 0 aliphatic rings. The summed E-state index contributed by atoms with van der Waals surface area (Å²) in [5.41, 5.74) is 14.1. The molecule has 11 aromatic rings. The summed E-state index contributed by atoms with van der Waals surface area (Å²) < 4.78 is 6.92. The number of benzene rings is 8. The quantitative estimate of drug-likeness (QED) is 0.164. The van der Waals surface area contributed by atoms with Crippen LogP contribution in [0.1, 0.15) is 0 Å². The summed E-state index contributed by atoms with van der Waals surface area (Å²) in [6, 6.07) is 71.9. The number of fused-ring (bicyclic) bond motifs is 3. The van der Waals surface area contributed by atoms with Crippen LogP contribution in [0.3, 0.4) is 0 Å². The van der Waals surface area contributed by atoms with Gasteiger partial charge in [-0.15, -0.1) is 0 Å². The van der Waals surface area contributed by atoms with Crippen LogP contribution in [-0.2, 0) is 0 Å². The maximum Gasteiger partial charge on any atom is 0.145 e. The third-order valence-electron chi connectivity index (χ3n) is 10.7. The van der Waals surface area contributed by atoms with Crippen molar-refractivity contribution in [2.75, 3.05) is 0 Å². The van der Waals surface area contributed by atoms with Gasteiger partial charge in [0.15, 0.2) is 0 Å². The van der Waals surface area contributed by atoms with Gasteiger partial charge in [0.25, 0.3) is 0 Å². The van der Waals surface area contributed by atoms with Crippen LogP contribution in [0.25, 0.3) is 95.5 Å². The fourth-order valence-electron chi connectivity index (χ4n) is 8.12. The molecule has 6 nitrogen and oxygen atoms in total. The van der Waals surface area contributed by atoms with Gasteiger partial charge in [-0.05, 0) is 60.2 Å². The van der Waals surface area contributed by atoms with Crippen LogP contribution in [0.5, 0.6) is 0 Å². The predicted molar refractivity (Wildman–Crippen MR) is 232 cm³/mol. The van der Waals surface area contributed by atoms with Gasteiger partial charge in [0, 0.05) is 22.3 Å². The Morgan fingerprint density at radius 2 is 0.632 bits per heavy atom. The molecule has 0 amide bonds. The Balaban J connectivity index is 1.23. The first-order valence-corrected chi connectivity index (χ1v) is 19.1. The first kappa shape index (κ1) is 32.6. The molecule has 0 N–H and O–H groups in total. The normalized spacial score (nSPS) is 11.5. The van der Waals surface area contributed by atoms with E-state index in [1.54, 1.807) is 0 Å². The molecule has 8 aromatic carbocycles. The van der Waals surface area contributed by atoms with Crippen molar-refractivity contribution in [2.24, 2.45) is 0 Å². The Morgan fingerprint density at radius 3 is 1.11 bits per heavy atom. The van der Waals surface area contributed by atoms with E-state index in [2.05, 4.69) is 202 Å². The lowest BCUT2D eigenvalue weighted by molar-refractivity contribution is 1.03. The number of hydrogen-bond donors (Lipinski definition) is 0. The highest BCUT2D eigenvalue weighted by Crippen LogP contribution is 2.40. The van der Waals surface area contributed by atoms with Gasteiger partial charge in [-0.1, -0.05) is 152 Å². The highest BCUT2D eigenvalue weighted by atomic mass is 15.2. The zero-order valence-corrected chi connectivity index (χ0v) is 30.8. The number of nitrogens with zero attached hydrogens (tertiary/aromatic N) is 6. The van der Waals surface area contributed by atoms with Crippen molar-refractivity contribution < 1.29 is 0 Å². The molecule has 0 fully saturated rings. The predicted octanol–water partition coefficient (Wildman–Crippen LogP) is 12.4. The van der Waals surface area contributed by atoms with Crippen LogP contribution >= 0.6 is 0 Å². The Bertz CT molecular complexity index is 3230. The van der Waals surface area contributed by atoms with E-state index in [9.17, 15) is 0 Å². The summed E-state index contributed by atoms with van der Waals surface area (Å²) in [5.74, 6) is 2.63. The number of hydrogen-bond acceptors (Lipinski definition) is 3. The van der Waals surface area contributed by atoms with Crippen molar-refractivity contribution >= 4 is 33.1 Å². The largest absolute Gasteiger partial charge is 0.292 e. The average molecular weight is 731 g/mol. The van der Waals surface area contributed by atoms with E-state index in [0.717, 1.165) is 95.5 Å². The summed E-state index contributed by atoms with van der Waals surface area (Å²) in [5, 5.41) is 0. The first-order valence-electron chi connectivity index (χ1n) is 19.1. The van der Waals surface area contributed by atoms with Crippen LogP contribution in [0, 0.1) is 0 Å². The van der Waals surface area contributed by atoms with Crippen molar-refractivity contribution in [1.29, 1.82) is 0 Å². The number of para-hydroxylation sites is 7. The molecule has 6 heteroatoms. The standard InChI is InChI=1S/C51H34N6/c1-4-18-35(19-5-1)49-52-40-25-11-15-29-44(40)55(49)43-28-14-10-24-39(43)38-32-33-47(56-45-30-16-12-26-41(45)53-50(56)36-20-6-2-7-21-36)48(34-38)57-46-31-17-13-27-42(46)54-51(57)37-22-8-3-9-23-37/h1-34H. The maximum atomic E-state index is 5.29. The fourth-order valence-corrected chi connectivity index (χ4v) is 8.12. The van der Waals surface area contributed by atoms with Gasteiger partial charge in [-0.25, -0.2) is 15.0 Å². The smallest absolute Gasteiger partial charge is 0.145 e. The topological polar surface area (TPSA) is 53.5 Å². The van der Waals surface area contributed by atoms with E-state index in [0.29, 0.717) is 0 Å². The lowest BCUT2D eigenvalue weighted by Crippen LogP contribution is -2.07. The highest BCUT2D eigenvalue weighted by molar-refractivity contribution is 5.91. The van der Waals surface area contributed by atoms with Gasteiger partial charge in [-0.3, -0.25) is 13.7 Å². The minimum absolute atomic E-state index is 0.862. The number of imidazole rings is 3. The second kappa shape index (κ2) is 13.5. The van der Waals surface area contributed by atoms with E-state index in [4.69, 9.17) is 15.0 Å². The summed E-state index contributed by atoms with van der Waals surface area (Å²) in [6.07, 6.45) is 0. The van der Waals surface area contributed by atoms with Crippen LogP contribution in [0.4, 0.5) is 0 Å². The van der Waals surface area contributed by atoms with E-state index in [-0.39, 0.29) is 0 Å². The van der Waals surface area contributed by atoms with Crippen LogP contribution in [-0.4, -0.2) is 28.7 Å². The molecule has 11 rings (SSSR count). The summed E-state index contributed by atoms with van der Waals surface area (Å²) in [4.78, 5) is 15.7. The van der Waals surface area contributed by atoms with Crippen molar-refractivity contribution in [3.8, 4) is 62.4 Å². The lowest BCUT2D eigenvalue weighted by atomic mass is 10.0. The second-order valence-electron chi connectivity index (χ2n) is 14.1. The molecule has 0 spiro atoms. The molecule has 0 saturated heterocycles. The van der Waals surface area contributed by atoms with E-state index in [1.807, 2.05) is 18.2 Å². The zero-order valence-electron chi connectivity index (χ0n) is 30.8. The Kier molecular flexibility index (Phi) is 7.71. The van der Waals surface area contributed by atoms with Gasteiger partial charge >= 0.3 is 0 Å². The van der Waals surface area contributed by atoms with E-state index < -0.39 is 0 Å². The molecule has 57 heavy (non-hydrogen) atoms. The fraction of sp³-hybridized carbons (Fsp3) is 0. The lowest BCUT2D eigenvalue weighted by Gasteiger charge is -2.20. The van der Waals surface area contributed by atoms with Crippen molar-refractivity contribution in [2.45, 2.75) is 0 Å². The van der Waals surface area contributed by atoms with Gasteiger partial charge in [0.1, 0.15) is 17.5 Å². The number of aromatic nitrogens is 6. The van der Waals surface area contributed by atoms with Gasteiger partial charge in [0.05, 0.1) is 50.2 Å². The minimum Gasteiger partial charge on any atom is -0.292 e. The molecule has 0 radical (unpaired) electrons. The third-order valence-corrected chi connectivity index (χ3v) is 10.7. The van der Waals surface area contributed by atoms with Crippen molar-refractivity contribution in [1.82, 2.24) is 28.7 Å². The molecule has 0 aliphatic carbocycles. The summed E-state index contributed by atoms with van der Waals surface area (Å²) in [7, 11) is 0. The second-order valence-corrected chi connectivity index (χ2v) is 14.1. The van der Waals surface area contributed by atoms with E-state index in [1.165, 1.54) is 0 Å². The average Bonchev–Trinajstić information content (AvgIpc) is 3.99. The minimum atomic E-state index is 0.862. The SMILES string of the molecule is c1ccc(-c2nc3ccccc3n2-c2ccccc2-c2ccc(-n3c(-c4ccccc4)nc4ccccc43)c(-n3c(-c4ccccc4)nc4ccccc43)c2)cc1. The summed E-state index contributed by atoms with van der Waals surface area (Å²) in [6.45, 7) is 0. The molecular weight excluding hydrogens is 697 g/mol. The maximum absolute atomic E-state index is 5.29. The van der Waals surface area contributed by atoms with E-state index >= 15 is 0 Å². The Morgan fingerprint density at radius 1 is 0.263 bits per heavy atom. The molecule has 0 saturated carbocycles. The van der Waals surface area contributed by atoms with Crippen LogP contribution in [0.2, 0.25) is 0 Å². The molecule has 3 aromatic heterocycles. The monoisotopic (exact) mass is 730 g/mol. The Labute approximate surface area is 329 Å². The zero-order chi connectivity index (χ0) is 37.7. The van der Waals surface area contributed by atoms with Crippen LogP contribution in [0.15, 0.2) is 206 Å². The van der Waals surface area contributed by atoms with Crippen molar-refractivity contribution in [3.63, 3.8) is 0 Å². The molecule has 0 atom stereocenters. The third kappa shape index (κ3) is 5.46. The Hall–Kier alpha value is -7.83. The highest BCUT2D eigenvalue weighted by Gasteiger charge is 2.24. The first-order chi connectivity index (χ1) is 28.3. The molecule has 0 unspecified atom stereocenters. The summed E-state index contributed by atoms with van der Waals surface area (Å²) >= 11 is 0. The number of rotatable bonds is 7. The van der Waals surface area contributed by atoms with Gasteiger partial charge < -0.3 is 0 Å². The molecule has 0 aliphatic heterocycles. The van der Waals surface area contributed by atoms with Crippen LogP contribution < -0.4 is 0 Å². The molecular formula is C51H34N6. The van der Waals surface area contributed by atoms with Gasteiger partial charge in [0.2, 0.25) is 0 Å². The molecule has 268 valence electrons. The molecule has 3 heterocycles. The van der Waals surface area contributed by atoms with Gasteiger partial charge in [-0.2, -0.15) is 0 Å².